The summed E-state index contributed by atoms with van der Waals surface area (Å²) in [7, 11) is 0. The number of hydrogen-bond donors (Lipinski definition) is 3. The zero-order chi connectivity index (χ0) is 38.9. The molecule has 0 radical (unpaired) electrons. The Bertz CT molecular complexity index is 2420. The van der Waals surface area contributed by atoms with E-state index in [-0.39, 0.29) is 11.6 Å². The van der Waals surface area contributed by atoms with Crippen LogP contribution in [0.4, 0.5) is 10.7 Å². The Morgan fingerprint density at radius 3 is 2.30 bits per heavy atom. The van der Waals surface area contributed by atoms with Gasteiger partial charge >= 0.3 is 0 Å². The number of nitrogens with one attached hydrogen (secondary N) is 3. The third-order valence-electron chi connectivity index (χ3n) is 9.30. The standard InChI is InChI=1S/C46H39N5O3S2/c1-31-13-11-16-33(25-31)26-40(49-43(52)35-19-9-4-10-20-35)44(53)48-36-21-12-22-37(27-36)55-42(34-17-7-3-8-18-34)45(54)50-46-39(28-47)38-23-24-51(30-41(38)56-46)29-32-14-5-2-6-15-32/h2-22,25-27,42H,23-24,29-30H2,1H3,(H,48,53)(H,49,52)(H,50,54)/b40-26+. The number of thiophene rings is 1. The maximum Gasteiger partial charge on any atom is 0.272 e. The Kier molecular flexibility index (Phi) is 12.2. The number of anilines is 2. The van der Waals surface area contributed by atoms with Gasteiger partial charge in [0.25, 0.3) is 11.8 Å². The monoisotopic (exact) mass is 773 g/mol. The van der Waals surface area contributed by atoms with Crippen LogP contribution in [0.3, 0.4) is 0 Å². The molecule has 0 bridgehead atoms. The van der Waals surface area contributed by atoms with Crippen LogP contribution < -0.4 is 16.0 Å². The molecule has 56 heavy (non-hydrogen) atoms. The molecule has 1 aliphatic heterocycles. The van der Waals surface area contributed by atoms with Crippen LogP contribution in [0.25, 0.3) is 6.08 Å². The second-order valence-electron chi connectivity index (χ2n) is 13.4. The molecule has 0 saturated carbocycles. The predicted octanol–water partition coefficient (Wildman–Crippen LogP) is 9.37. The van der Waals surface area contributed by atoms with Crippen molar-refractivity contribution in [1.82, 2.24) is 10.2 Å². The Labute approximate surface area is 334 Å². The number of thioether (sulfide) groups is 1. The van der Waals surface area contributed by atoms with Gasteiger partial charge in [-0.1, -0.05) is 115 Å². The van der Waals surface area contributed by atoms with Gasteiger partial charge in [-0.3, -0.25) is 19.3 Å². The van der Waals surface area contributed by atoms with Crippen molar-refractivity contribution in [2.24, 2.45) is 0 Å². The molecular formula is C46H39N5O3S2. The normalized spacial score (nSPS) is 13.2. The Morgan fingerprint density at radius 2 is 1.57 bits per heavy atom. The number of carbonyl (C=O) groups is 3. The first-order chi connectivity index (χ1) is 27.3. The minimum Gasteiger partial charge on any atom is -0.321 e. The molecule has 6 aromatic rings. The van der Waals surface area contributed by atoms with E-state index in [4.69, 9.17) is 0 Å². The number of amides is 3. The molecule has 2 heterocycles. The zero-order valence-electron chi connectivity index (χ0n) is 30.7. The van der Waals surface area contributed by atoms with Crippen molar-refractivity contribution in [2.45, 2.75) is 36.6 Å². The first-order valence-electron chi connectivity index (χ1n) is 18.2. The lowest BCUT2D eigenvalue weighted by Crippen LogP contribution is -2.30. The highest BCUT2D eigenvalue weighted by atomic mass is 32.2. The second-order valence-corrected chi connectivity index (χ2v) is 15.7. The number of nitriles is 1. The Hall–Kier alpha value is -6.25. The molecule has 1 aliphatic rings. The molecule has 1 atom stereocenters. The molecule has 3 amide bonds. The largest absolute Gasteiger partial charge is 0.321 e. The van der Waals surface area contributed by atoms with E-state index >= 15 is 0 Å². The van der Waals surface area contributed by atoms with Crippen LogP contribution in [0.15, 0.2) is 150 Å². The van der Waals surface area contributed by atoms with E-state index in [1.165, 1.54) is 28.7 Å². The minimum atomic E-state index is -0.663. The van der Waals surface area contributed by atoms with Crippen molar-refractivity contribution in [3.8, 4) is 6.07 Å². The van der Waals surface area contributed by atoms with Gasteiger partial charge in [0.05, 0.1) is 5.56 Å². The van der Waals surface area contributed by atoms with E-state index in [0.717, 1.165) is 51.5 Å². The number of fused-ring (bicyclic) bond motifs is 1. The second kappa shape index (κ2) is 17.9. The lowest BCUT2D eigenvalue weighted by Gasteiger charge is -2.26. The first kappa shape index (κ1) is 38.0. The molecule has 1 unspecified atom stereocenters. The van der Waals surface area contributed by atoms with E-state index in [0.29, 0.717) is 28.4 Å². The van der Waals surface area contributed by atoms with Crippen LogP contribution in [0, 0.1) is 18.3 Å². The van der Waals surface area contributed by atoms with Crippen molar-refractivity contribution in [3.63, 3.8) is 0 Å². The van der Waals surface area contributed by atoms with E-state index in [9.17, 15) is 19.6 Å². The van der Waals surface area contributed by atoms with E-state index < -0.39 is 17.1 Å². The van der Waals surface area contributed by atoms with Gasteiger partial charge in [-0.15, -0.1) is 23.1 Å². The van der Waals surface area contributed by atoms with Gasteiger partial charge < -0.3 is 16.0 Å². The van der Waals surface area contributed by atoms with E-state index in [1.807, 2.05) is 97.9 Å². The van der Waals surface area contributed by atoms with E-state index in [1.54, 1.807) is 42.5 Å². The van der Waals surface area contributed by atoms with Gasteiger partial charge in [-0.05, 0) is 72.0 Å². The molecule has 8 nitrogen and oxygen atoms in total. The maximum absolute atomic E-state index is 14.2. The first-order valence-corrected chi connectivity index (χ1v) is 19.9. The van der Waals surface area contributed by atoms with Gasteiger partial charge in [-0.25, -0.2) is 0 Å². The number of aryl methyl sites for hydroxylation is 1. The van der Waals surface area contributed by atoms with Crippen molar-refractivity contribution < 1.29 is 14.4 Å². The summed E-state index contributed by atoms with van der Waals surface area (Å²) in [5, 5.41) is 19.0. The fourth-order valence-electron chi connectivity index (χ4n) is 6.57. The summed E-state index contributed by atoms with van der Waals surface area (Å²) in [6.45, 7) is 4.33. The molecule has 0 fully saturated rings. The van der Waals surface area contributed by atoms with Gasteiger partial charge in [0.15, 0.2) is 0 Å². The lowest BCUT2D eigenvalue weighted by molar-refractivity contribution is -0.116. The third kappa shape index (κ3) is 9.51. The average molecular weight is 774 g/mol. The quantitative estimate of drug-likeness (QED) is 0.0844. The number of benzene rings is 5. The van der Waals surface area contributed by atoms with Gasteiger partial charge in [0, 0.05) is 40.7 Å². The summed E-state index contributed by atoms with van der Waals surface area (Å²) in [6.07, 6.45) is 2.39. The molecule has 10 heteroatoms. The van der Waals surface area contributed by atoms with Crippen LogP contribution in [-0.4, -0.2) is 29.2 Å². The summed E-state index contributed by atoms with van der Waals surface area (Å²) in [4.78, 5) is 45.4. The average Bonchev–Trinajstić information content (AvgIpc) is 3.56. The number of nitrogens with zero attached hydrogens (tertiary/aromatic N) is 2. The highest BCUT2D eigenvalue weighted by Gasteiger charge is 2.28. The number of hydrogen-bond acceptors (Lipinski definition) is 7. The highest BCUT2D eigenvalue weighted by molar-refractivity contribution is 8.00. The van der Waals surface area contributed by atoms with Crippen LogP contribution in [0.1, 0.15) is 53.9 Å². The minimum absolute atomic E-state index is 0.0826. The fraction of sp³-hybridized carbons (Fsp3) is 0.130. The SMILES string of the molecule is Cc1cccc(/C=C(/NC(=O)c2ccccc2)C(=O)Nc2cccc(SC(C(=O)Nc3sc4c(c3C#N)CCN(Cc3ccccc3)C4)c3ccccc3)c2)c1. The van der Waals surface area contributed by atoms with Gasteiger partial charge in [-0.2, -0.15) is 5.26 Å². The molecule has 0 spiro atoms. The van der Waals surface area contributed by atoms with Crippen LogP contribution in [-0.2, 0) is 29.1 Å². The highest BCUT2D eigenvalue weighted by Crippen LogP contribution is 2.41. The summed E-state index contributed by atoms with van der Waals surface area (Å²) in [6, 6.07) is 45.9. The van der Waals surface area contributed by atoms with Crippen molar-refractivity contribution in [1.29, 1.82) is 5.26 Å². The Morgan fingerprint density at radius 1 is 0.857 bits per heavy atom. The van der Waals surface area contributed by atoms with Crippen LogP contribution in [0.2, 0.25) is 0 Å². The van der Waals surface area contributed by atoms with Crippen molar-refractivity contribution in [2.75, 3.05) is 17.2 Å². The molecule has 278 valence electrons. The molecule has 1 aromatic heterocycles. The maximum atomic E-state index is 14.2. The van der Waals surface area contributed by atoms with Crippen molar-refractivity contribution >= 4 is 57.6 Å². The van der Waals surface area contributed by atoms with Crippen LogP contribution in [0.5, 0.6) is 0 Å². The fourth-order valence-corrected chi connectivity index (χ4v) is 8.90. The number of carbonyl (C=O) groups excluding carboxylic acids is 3. The summed E-state index contributed by atoms with van der Waals surface area (Å²) < 4.78 is 0. The lowest BCUT2D eigenvalue weighted by atomic mass is 10.0. The van der Waals surface area contributed by atoms with Crippen LogP contribution >= 0.6 is 23.1 Å². The topological polar surface area (TPSA) is 114 Å². The summed E-state index contributed by atoms with van der Waals surface area (Å²) in [5.74, 6) is -1.15. The molecule has 0 aliphatic carbocycles. The third-order valence-corrected chi connectivity index (χ3v) is 11.7. The zero-order valence-corrected chi connectivity index (χ0v) is 32.3. The molecular weight excluding hydrogens is 735 g/mol. The molecule has 3 N–H and O–H groups in total. The molecule has 7 rings (SSSR count). The van der Waals surface area contributed by atoms with Gasteiger partial charge in [0.1, 0.15) is 22.0 Å². The summed E-state index contributed by atoms with van der Waals surface area (Å²) >= 11 is 2.82. The van der Waals surface area contributed by atoms with Gasteiger partial charge in [0.2, 0.25) is 5.91 Å². The smallest absolute Gasteiger partial charge is 0.272 e. The molecule has 5 aromatic carbocycles. The van der Waals surface area contributed by atoms with Crippen molar-refractivity contribution in [3.05, 3.63) is 189 Å². The summed E-state index contributed by atoms with van der Waals surface area (Å²) in [5.41, 5.74) is 6.37. The predicted molar refractivity (Wildman–Crippen MR) is 225 cm³/mol. The van der Waals surface area contributed by atoms with E-state index in [2.05, 4.69) is 39.1 Å². The Balaban J connectivity index is 1.09. The molecule has 0 saturated heterocycles. The number of rotatable bonds is 12.